The van der Waals surface area contributed by atoms with E-state index in [1.807, 2.05) is 0 Å². The van der Waals surface area contributed by atoms with Gasteiger partial charge in [0.2, 0.25) is 5.83 Å². The molecule has 2 aliphatic rings. The fourth-order valence-electron chi connectivity index (χ4n) is 2.68. The monoisotopic (exact) mass is 286 g/mol. The Labute approximate surface area is 117 Å². The van der Waals surface area contributed by atoms with Crippen molar-refractivity contribution in [1.82, 2.24) is 0 Å². The molecule has 0 atom stereocenters. The van der Waals surface area contributed by atoms with Crippen LogP contribution in [0.15, 0.2) is 23.2 Å². The molecule has 2 aliphatic carbocycles. The highest BCUT2D eigenvalue weighted by molar-refractivity contribution is 5.73. The number of hydrogen-bond acceptors (Lipinski definition) is 3. The standard InChI is InChI=1S/C15H20F2O3/c1-9-3-5-10(6-4-9)15(18)20-12-8-7-11(19-2)13(16)14(12)17/h9-10H,3-8H2,1-2H3. The molecule has 112 valence electrons. The van der Waals surface area contributed by atoms with Gasteiger partial charge >= 0.3 is 5.97 Å². The molecule has 3 nitrogen and oxygen atoms in total. The van der Waals surface area contributed by atoms with Gasteiger partial charge < -0.3 is 9.47 Å². The second kappa shape index (κ2) is 6.37. The second-order valence-corrected chi connectivity index (χ2v) is 5.56. The van der Waals surface area contributed by atoms with E-state index in [2.05, 4.69) is 6.92 Å². The minimum atomic E-state index is -1.11. The zero-order valence-corrected chi connectivity index (χ0v) is 11.9. The first-order valence-electron chi connectivity index (χ1n) is 7.06. The summed E-state index contributed by atoms with van der Waals surface area (Å²) in [6.07, 6.45) is 3.83. The first-order chi connectivity index (χ1) is 9.52. The van der Waals surface area contributed by atoms with Crippen LogP contribution in [0.25, 0.3) is 0 Å². The van der Waals surface area contributed by atoms with Gasteiger partial charge in [-0.1, -0.05) is 6.92 Å². The summed E-state index contributed by atoms with van der Waals surface area (Å²) in [4.78, 5) is 12.0. The lowest BCUT2D eigenvalue weighted by atomic mass is 9.83. The molecule has 0 spiro atoms. The van der Waals surface area contributed by atoms with Crippen molar-refractivity contribution < 1.29 is 23.0 Å². The topological polar surface area (TPSA) is 35.5 Å². The summed E-state index contributed by atoms with van der Waals surface area (Å²) in [7, 11) is 1.29. The lowest BCUT2D eigenvalue weighted by molar-refractivity contribution is -0.146. The van der Waals surface area contributed by atoms with E-state index in [9.17, 15) is 13.6 Å². The van der Waals surface area contributed by atoms with Crippen LogP contribution in [0.1, 0.15) is 45.4 Å². The smallest absolute Gasteiger partial charge is 0.314 e. The van der Waals surface area contributed by atoms with Crippen LogP contribution < -0.4 is 0 Å². The molecule has 0 aromatic carbocycles. The third-order valence-electron chi connectivity index (χ3n) is 4.08. The van der Waals surface area contributed by atoms with E-state index >= 15 is 0 Å². The Morgan fingerprint density at radius 2 is 1.60 bits per heavy atom. The van der Waals surface area contributed by atoms with E-state index in [0.29, 0.717) is 5.92 Å². The number of ether oxygens (including phenoxy) is 2. The SMILES string of the molecule is COC1=C(F)C(F)=C(OC(=O)C2CCC(C)CC2)CC1. The van der Waals surface area contributed by atoms with Crippen LogP contribution in [-0.2, 0) is 14.3 Å². The average Bonchev–Trinajstić information content (AvgIpc) is 2.45. The van der Waals surface area contributed by atoms with Crippen LogP contribution in [0.2, 0.25) is 0 Å². The molecule has 0 unspecified atom stereocenters. The average molecular weight is 286 g/mol. The van der Waals surface area contributed by atoms with Gasteiger partial charge in [-0.2, -0.15) is 8.78 Å². The van der Waals surface area contributed by atoms with Gasteiger partial charge in [0.25, 0.3) is 0 Å². The molecular formula is C15H20F2O3. The zero-order chi connectivity index (χ0) is 14.7. The van der Waals surface area contributed by atoms with Crippen molar-refractivity contribution in [3.05, 3.63) is 23.2 Å². The highest BCUT2D eigenvalue weighted by Gasteiger charge is 2.30. The summed E-state index contributed by atoms with van der Waals surface area (Å²) < 4.78 is 37.1. The maximum absolute atomic E-state index is 13.8. The number of hydrogen-bond donors (Lipinski definition) is 0. The molecule has 1 fully saturated rings. The molecule has 0 aliphatic heterocycles. The first kappa shape index (κ1) is 15.0. The van der Waals surface area contributed by atoms with Gasteiger partial charge in [0.05, 0.1) is 13.0 Å². The normalized spacial score (nSPS) is 27.6. The van der Waals surface area contributed by atoms with Crippen molar-refractivity contribution in [3.8, 4) is 0 Å². The summed E-state index contributed by atoms with van der Waals surface area (Å²) >= 11 is 0. The van der Waals surface area contributed by atoms with E-state index in [1.165, 1.54) is 7.11 Å². The minimum absolute atomic E-state index is 0.0335. The maximum Gasteiger partial charge on any atom is 0.314 e. The molecule has 0 amide bonds. The summed E-state index contributed by atoms with van der Waals surface area (Å²) in [5.74, 6) is -2.41. The van der Waals surface area contributed by atoms with Crippen LogP contribution in [0.3, 0.4) is 0 Å². The molecular weight excluding hydrogens is 266 g/mol. The van der Waals surface area contributed by atoms with Gasteiger partial charge in [-0.15, -0.1) is 0 Å². The number of halogens is 2. The molecule has 0 heterocycles. The van der Waals surface area contributed by atoms with Gasteiger partial charge in [-0.25, -0.2) is 0 Å². The summed E-state index contributed by atoms with van der Waals surface area (Å²) in [5.41, 5.74) is 0. The fraction of sp³-hybridized carbons (Fsp3) is 0.667. The lowest BCUT2D eigenvalue weighted by Gasteiger charge is -2.25. The van der Waals surface area contributed by atoms with Crippen molar-refractivity contribution in [2.75, 3.05) is 7.11 Å². The quantitative estimate of drug-likeness (QED) is 0.731. The van der Waals surface area contributed by atoms with Gasteiger partial charge in [0, 0.05) is 12.8 Å². The molecule has 0 saturated heterocycles. The number of methoxy groups -OCH3 is 1. The van der Waals surface area contributed by atoms with Crippen molar-refractivity contribution in [1.29, 1.82) is 0 Å². The Balaban J connectivity index is 2.01. The van der Waals surface area contributed by atoms with Gasteiger partial charge in [0.1, 0.15) is 11.5 Å². The van der Waals surface area contributed by atoms with Crippen LogP contribution in [0, 0.1) is 11.8 Å². The van der Waals surface area contributed by atoms with Gasteiger partial charge in [-0.3, -0.25) is 4.79 Å². The van der Waals surface area contributed by atoms with Gasteiger partial charge in [-0.05, 0) is 31.6 Å². The molecule has 2 rings (SSSR count). The molecule has 1 saturated carbocycles. The molecule has 0 N–H and O–H groups in total. The van der Waals surface area contributed by atoms with Crippen LogP contribution in [0.4, 0.5) is 8.78 Å². The summed E-state index contributed by atoms with van der Waals surface area (Å²) in [5, 5.41) is 0. The predicted octanol–water partition coefficient (Wildman–Crippen LogP) is 4.16. The van der Waals surface area contributed by atoms with Crippen molar-refractivity contribution in [2.24, 2.45) is 11.8 Å². The lowest BCUT2D eigenvalue weighted by Crippen LogP contribution is -2.23. The number of allylic oxidation sites excluding steroid dienone is 4. The maximum atomic E-state index is 13.8. The third-order valence-corrected chi connectivity index (χ3v) is 4.08. The van der Waals surface area contributed by atoms with E-state index in [0.717, 1.165) is 25.7 Å². The summed E-state index contributed by atoms with van der Waals surface area (Å²) in [6, 6.07) is 0. The highest BCUT2D eigenvalue weighted by atomic mass is 19.2. The number of esters is 1. The summed E-state index contributed by atoms with van der Waals surface area (Å²) in [6.45, 7) is 2.15. The van der Waals surface area contributed by atoms with E-state index in [4.69, 9.17) is 9.47 Å². The minimum Gasteiger partial charge on any atom is -0.498 e. The fourth-order valence-corrected chi connectivity index (χ4v) is 2.68. The third kappa shape index (κ3) is 3.19. The molecule has 0 bridgehead atoms. The second-order valence-electron chi connectivity index (χ2n) is 5.56. The Morgan fingerprint density at radius 1 is 1.05 bits per heavy atom. The van der Waals surface area contributed by atoms with E-state index in [1.54, 1.807) is 0 Å². The number of carbonyl (C=O) groups is 1. The molecule has 0 aromatic rings. The van der Waals surface area contributed by atoms with Crippen molar-refractivity contribution in [2.45, 2.75) is 45.4 Å². The van der Waals surface area contributed by atoms with E-state index < -0.39 is 17.6 Å². The largest absolute Gasteiger partial charge is 0.498 e. The predicted molar refractivity (Wildman–Crippen MR) is 69.7 cm³/mol. The number of carbonyl (C=O) groups excluding carboxylic acids is 1. The van der Waals surface area contributed by atoms with Crippen molar-refractivity contribution >= 4 is 5.97 Å². The molecule has 20 heavy (non-hydrogen) atoms. The Morgan fingerprint density at radius 3 is 2.20 bits per heavy atom. The molecule has 0 radical (unpaired) electrons. The Kier molecular flexibility index (Phi) is 4.78. The van der Waals surface area contributed by atoms with Gasteiger partial charge in [0.15, 0.2) is 5.83 Å². The van der Waals surface area contributed by atoms with E-state index in [-0.39, 0.29) is 30.3 Å². The van der Waals surface area contributed by atoms with Crippen molar-refractivity contribution in [3.63, 3.8) is 0 Å². The van der Waals surface area contributed by atoms with Crippen LogP contribution in [0.5, 0.6) is 0 Å². The molecule has 5 heteroatoms. The zero-order valence-electron chi connectivity index (χ0n) is 11.9. The van der Waals surface area contributed by atoms with Crippen LogP contribution >= 0.6 is 0 Å². The Hall–Kier alpha value is -1.39. The highest BCUT2D eigenvalue weighted by Crippen LogP contribution is 2.35. The first-order valence-corrected chi connectivity index (χ1v) is 7.06. The Bertz CT molecular complexity index is 446. The van der Waals surface area contributed by atoms with Crippen LogP contribution in [-0.4, -0.2) is 13.1 Å². The molecule has 0 aromatic heterocycles. The number of rotatable bonds is 3.